The van der Waals surface area contributed by atoms with Gasteiger partial charge in [0.25, 0.3) is 5.91 Å². The quantitative estimate of drug-likeness (QED) is 0.500. The smallest absolute Gasteiger partial charge is 0.255 e. The monoisotopic (exact) mass is 414 g/mol. The number of hydrogen-bond donors (Lipinski definition) is 2. The molecule has 0 aliphatic rings. The topological polar surface area (TPSA) is 99.4 Å². The van der Waals surface area contributed by atoms with E-state index < -0.39 is 0 Å². The van der Waals surface area contributed by atoms with Gasteiger partial charge < -0.3 is 20.5 Å². The Hall–Kier alpha value is -4.13. The molecule has 1 heterocycles. The molecule has 0 bridgehead atoms. The summed E-state index contributed by atoms with van der Waals surface area (Å²) in [5.41, 5.74) is 10.2. The summed E-state index contributed by atoms with van der Waals surface area (Å²) in [4.78, 5) is 21.8. The van der Waals surface area contributed by atoms with Crippen molar-refractivity contribution < 1.29 is 14.3 Å². The molecule has 1 aromatic heterocycles. The molecule has 1 amide bonds. The average Bonchev–Trinajstić information content (AvgIpc) is 2.79. The number of carbonyl (C=O) groups is 1. The molecule has 0 saturated carbocycles. The first-order valence-electron chi connectivity index (χ1n) is 9.67. The van der Waals surface area contributed by atoms with Gasteiger partial charge in [-0.3, -0.25) is 4.79 Å². The minimum absolute atomic E-state index is 0.186. The minimum Gasteiger partial charge on any atom is -0.497 e. The highest BCUT2D eigenvalue weighted by Crippen LogP contribution is 2.32. The number of fused-ring (bicyclic) bond motifs is 1. The van der Waals surface area contributed by atoms with E-state index in [0.717, 1.165) is 22.0 Å². The van der Waals surface area contributed by atoms with Gasteiger partial charge >= 0.3 is 0 Å². The van der Waals surface area contributed by atoms with E-state index in [-0.39, 0.29) is 11.9 Å². The number of aryl methyl sites for hydroxylation is 1. The van der Waals surface area contributed by atoms with Gasteiger partial charge in [0.1, 0.15) is 11.5 Å². The van der Waals surface area contributed by atoms with Crippen molar-refractivity contribution in [1.82, 2.24) is 9.97 Å². The van der Waals surface area contributed by atoms with Gasteiger partial charge in [-0.25, -0.2) is 9.97 Å². The van der Waals surface area contributed by atoms with Crippen LogP contribution in [0.1, 0.15) is 15.9 Å². The number of nitrogens with two attached hydrogens (primary N) is 1. The average molecular weight is 414 g/mol. The summed E-state index contributed by atoms with van der Waals surface area (Å²) in [5, 5.41) is 3.77. The molecular weight excluding hydrogens is 392 g/mol. The van der Waals surface area contributed by atoms with Crippen LogP contribution in [0, 0.1) is 6.92 Å². The van der Waals surface area contributed by atoms with E-state index >= 15 is 0 Å². The number of methoxy groups -OCH3 is 2. The number of aromatic nitrogens is 2. The predicted octanol–water partition coefficient (Wildman–Crippen LogP) is 4.46. The number of ether oxygens (including phenoxy) is 2. The van der Waals surface area contributed by atoms with Crippen molar-refractivity contribution in [2.45, 2.75) is 6.92 Å². The molecule has 0 radical (unpaired) electrons. The molecule has 31 heavy (non-hydrogen) atoms. The lowest BCUT2D eigenvalue weighted by Crippen LogP contribution is -2.13. The van der Waals surface area contributed by atoms with Crippen LogP contribution in [-0.4, -0.2) is 30.1 Å². The molecular formula is C24H22N4O3. The molecule has 3 N–H and O–H groups in total. The number of nitrogens with one attached hydrogen (secondary N) is 1. The fraction of sp³-hybridized carbons (Fsp3) is 0.125. The van der Waals surface area contributed by atoms with E-state index in [0.29, 0.717) is 28.4 Å². The number of carbonyl (C=O) groups excluding carboxylic acids is 1. The predicted molar refractivity (Wildman–Crippen MR) is 122 cm³/mol. The van der Waals surface area contributed by atoms with Crippen molar-refractivity contribution in [3.8, 4) is 22.8 Å². The lowest BCUT2D eigenvalue weighted by molar-refractivity contribution is 0.102. The zero-order valence-corrected chi connectivity index (χ0v) is 17.5. The van der Waals surface area contributed by atoms with Crippen LogP contribution >= 0.6 is 0 Å². The first-order chi connectivity index (χ1) is 15.0. The van der Waals surface area contributed by atoms with Crippen molar-refractivity contribution in [3.05, 3.63) is 71.8 Å². The number of benzene rings is 3. The van der Waals surface area contributed by atoms with Crippen molar-refractivity contribution in [2.24, 2.45) is 0 Å². The van der Waals surface area contributed by atoms with E-state index in [1.807, 2.05) is 43.3 Å². The number of rotatable bonds is 5. The molecule has 0 aliphatic heterocycles. The third kappa shape index (κ3) is 3.98. The molecule has 0 atom stereocenters. The fourth-order valence-electron chi connectivity index (χ4n) is 3.41. The van der Waals surface area contributed by atoms with Crippen LogP contribution in [0.3, 0.4) is 0 Å². The van der Waals surface area contributed by atoms with Crippen molar-refractivity contribution in [1.29, 1.82) is 0 Å². The zero-order valence-electron chi connectivity index (χ0n) is 17.5. The zero-order chi connectivity index (χ0) is 22.0. The molecule has 0 unspecified atom stereocenters. The van der Waals surface area contributed by atoms with Gasteiger partial charge in [-0.15, -0.1) is 0 Å². The molecule has 4 rings (SSSR count). The second-order valence-electron chi connectivity index (χ2n) is 7.00. The van der Waals surface area contributed by atoms with Crippen LogP contribution in [0.5, 0.6) is 11.5 Å². The maximum Gasteiger partial charge on any atom is 0.255 e. The summed E-state index contributed by atoms with van der Waals surface area (Å²) in [6, 6.07) is 18.3. The maximum absolute atomic E-state index is 13.0. The molecule has 0 aliphatic carbocycles. The fourth-order valence-corrected chi connectivity index (χ4v) is 3.41. The highest BCUT2D eigenvalue weighted by atomic mass is 16.5. The van der Waals surface area contributed by atoms with Crippen molar-refractivity contribution in [2.75, 3.05) is 25.3 Å². The number of hydrogen-bond acceptors (Lipinski definition) is 6. The van der Waals surface area contributed by atoms with Crippen LogP contribution in [0.4, 0.5) is 11.6 Å². The Morgan fingerprint density at radius 2 is 1.77 bits per heavy atom. The standard InChI is InChI=1S/C24H22N4O3/c1-14-8-9-15(23(29)26-20-11-10-16(30-2)13-21(20)31-3)12-18(14)22-17-6-4-5-7-19(17)27-24(25)28-22/h4-13H,1-3H3,(H,26,29)(H2,25,27,28). The summed E-state index contributed by atoms with van der Waals surface area (Å²) >= 11 is 0. The minimum atomic E-state index is -0.268. The number of amides is 1. The lowest BCUT2D eigenvalue weighted by Gasteiger charge is -2.13. The summed E-state index contributed by atoms with van der Waals surface area (Å²) < 4.78 is 10.6. The van der Waals surface area contributed by atoms with Crippen LogP contribution < -0.4 is 20.5 Å². The Morgan fingerprint density at radius 3 is 2.55 bits per heavy atom. The largest absolute Gasteiger partial charge is 0.497 e. The van der Waals surface area contributed by atoms with E-state index in [1.165, 1.54) is 0 Å². The summed E-state index contributed by atoms with van der Waals surface area (Å²) in [5.74, 6) is 1.07. The van der Waals surface area contributed by atoms with Crippen LogP contribution in [0.15, 0.2) is 60.7 Å². The third-order valence-corrected chi connectivity index (χ3v) is 5.03. The van der Waals surface area contributed by atoms with E-state index in [1.54, 1.807) is 38.5 Å². The van der Waals surface area contributed by atoms with Gasteiger partial charge in [0, 0.05) is 22.6 Å². The van der Waals surface area contributed by atoms with E-state index in [9.17, 15) is 4.79 Å². The number of nitrogens with zero attached hydrogens (tertiary/aromatic N) is 2. The van der Waals surface area contributed by atoms with Crippen molar-refractivity contribution >= 4 is 28.4 Å². The molecule has 3 aromatic carbocycles. The second-order valence-corrected chi connectivity index (χ2v) is 7.00. The number of anilines is 2. The Labute approximate surface area is 179 Å². The summed E-state index contributed by atoms with van der Waals surface area (Å²) in [7, 11) is 3.11. The molecule has 0 spiro atoms. The SMILES string of the molecule is COc1ccc(NC(=O)c2ccc(C)c(-c3nc(N)nc4ccccc34)c2)c(OC)c1. The van der Waals surface area contributed by atoms with Gasteiger partial charge in [-0.05, 0) is 42.8 Å². The lowest BCUT2D eigenvalue weighted by atomic mass is 9.99. The van der Waals surface area contributed by atoms with Crippen LogP contribution in [0.25, 0.3) is 22.2 Å². The highest BCUT2D eigenvalue weighted by molar-refractivity contribution is 6.06. The molecule has 4 aromatic rings. The van der Waals surface area contributed by atoms with Crippen molar-refractivity contribution in [3.63, 3.8) is 0 Å². The Morgan fingerprint density at radius 1 is 0.968 bits per heavy atom. The second kappa shape index (κ2) is 8.31. The molecule has 156 valence electrons. The third-order valence-electron chi connectivity index (χ3n) is 5.03. The molecule has 0 saturated heterocycles. The summed E-state index contributed by atoms with van der Waals surface area (Å²) in [6.45, 7) is 1.97. The first kappa shape index (κ1) is 20.2. The number of para-hydroxylation sites is 1. The van der Waals surface area contributed by atoms with E-state index in [2.05, 4.69) is 15.3 Å². The van der Waals surface area contributed by atoms with Gasteiger partial charge in [-0.1, -0.05) is 24.3 Å². The van der Waals surface area contributed by atoms with Gasteiger partial charge in [0.2, 0.25) is 5.95 Å². The van der Waals surface area contributed by atoms with Gasteiger partial charge in [-0.2, -0.15) is 0 Å². The Bertz CT molecular complexity index is 1290. The van der Waals surface area contributed by atoms with E-state index in [4.69, 9.17) is 15.2 Å². The number of nitrogen functional groups attached to an aromatic ring is 1. The van der Waals surface area contributed by atoms with Crippen LogP contribution in [0.2, 0.25) is 0 Å². The first-order valence-corrected chi connectivity index (χ1v) is 9.67. The normalized spacial score (nSPS) is 10.7. The maximum atomic E-state index is 13.0. The summed E-state index contributed by atoms with van der Waals surface area (Å²) in [6.07, 6.45) is 0. The molecule has 0 fully saturated rings. The van der Waals surface area contributed by atoms with Gasteiger partial charge in [0.15, 0.2) is 0 Å². The molecule has 7 nitrogen and oxygen atoms in total. The van der Waals surface area contributed by atoms with Crippen LogP contribution in [-0.2, 0) is 0 Å². The highest BCUT2D eigenvalue weighted by Gasteiger charge is 2.15. The Kier molecular flexibility index (Phi) is 5.41. The Balaban J connectivity index is 1.73. The molecule has 7 heteroatoms. The van der Waals surface area contributed by atoms with Gasteiger partial charge in [0.05, 0.1) is 31.1 Å².